The molecule has 1 aromatic heterocycles. The third kappa shape index (κ3) is 3.89. The van der Waals surface area contributed by atoms with Crippen molar-refractivity contribution < 1.29 is 9.59 Å². The highest BCUT2D eigenvalue weighted by Gasteiger charge is 2.18. The van der Waals surface area contributed by atoms with Crippen LogP contribution in [0, 0.1) is 0 Å². The van der Waals surface area contributed by atoms with Crippen LogP contribution in [0.3, 0.4) is 0 Å². The number of nitrogens with zero attached hydrogens (tertiary/aromatic N) is 1. The van der Waals surface area contributed by atoms with E-state index in [1.54, 1.807) is 19.3 Å². The van der Waals surface area contributed by atoms with Gasteiger partial charge in [-0.25, -0.2) is 0 Å². The second kappa shape index (κ2) is 6.44. The quantitative estimate of drug-likeness (QED) is 0.863. The number of carbonyl (C=O) groups is 2. The summed E-state index contributed by atoms with van der Waals surface area (Å²) in [5, 5.41) is 2.51. The minimum atomic E-state index is -0.169. The fourth-order valence-electron chi connectivity index (χ4n) is 1.44. The average molecular weight is 302 g/mol. The van der Waals surface area contributed by atoms with E-state index >= 15 is 0 Å². The van der Waals surface area contributed by atoms with Gasteiger partial charge in [0, 0.05) is 24.3 Å². The minimum absolute atomic E-state index is 0.0831. The van der Waals surface area contributed by atoms with Crippen molar-refractivity contribution >= 4 is 27.7 Å². The molecule has 0 saturated carbocycles. The van der Waals surface area contributed by atoms with Crippen LogP contribution < -0.4 is 5.32 Å². The smallest absolute Gasteiger partial charge is 0.270 e. The van der Waals surface area contributed by atoms with E-state index in [4.69, 9.17) is 0 Å². The van der Waals surface area contributed by atoms with Crippen molar-refractivity contribution in [1.29, 1.82) is 0 Å². The molecule has 0 fully saturated rings. The Morgan fingerprint density at radius 3 is 2.71 bits per heavy atom. The lowest BCUT2D eigenvalue weighted by Gasteiger charge is -2.20. The molecule has 0 aromatic carbocycles. The van der Waals surface area contributed by atoms with Gasteiger partial charge in [-0.2, -0.15) is 0 Å². The third-order valence-corrected chi connectivity index (χ3v) is 2.73. The zero-order chi connectivity index (χ0) is 12.8. The predicted octanol–water partition coefficient (Wildman–Crippen LogP) is 1.38. The van der Waals surface area contributed by atoms with Gasteiger partial charge in [0.2, 0.25) is 5.91 Å². The van der Waals surface area contributed by atoms with Gasteiger partial charge >= 0.3 is 0 Å². The lowest BCUT2D eigenvalue weighted by molar-refractivity contribution is -0.121. The number of aromatic nitrogens is 1. The van der Waals surface area contributed by atoms with E-state index in [0.29, 0.717) is 12.2 Å². The molecule has 5 nitrogen and oxygen atoms in total. The molecule has 1 aromatic rings. The summed E-state index contributed by atoms with van der Waals surface area (Å²) in [6, 6.07) is 1.70. The van der Waals surface area contributed by atoms with Crippen molar-refractivity contribution in [2.45, 2.75) is 13.3 Å². The predicted molar refractivity (Wildman–Crippen MR) is 68.8 cm³/mol. The van der Waals surface area contributed by atoms with Gasteiger partial charge in [0.15, 0.2) is 0 Å². The number of hydrogen-bond acceptors (Lipinski definition) is 2. The molecule has 2 N–H and O–H groups in total. The Morgan fingerprint density at radius 2 is 2.24 bits per heavy atom. The van der Waals surface area contributed by atoms with Crippen LogP contribution in [0.2, 0.25) is 0 Å². The molecular formula is C11H16BrN3O2. The summed E-state index contributed by atoms with van der Waals surface area (Å²) in [4.78, 5) is 27.8. The molecule has 0 atom stereocenters. The highest BCUT2D eigenvalue weighted by Crippen LogP contribution is 2.12. The summed E-state index contributed by atoms with van der Waals surface area (Å²) in [5.74, 6) is -0.335. The Hall–Kier alpha value is -1.30. The monoisotopic (exact) mass is 301 g/mol. The van der Waals surface area contributed by atoms with E-state index in [-0.39, 0.29) is 18.4 Å². The lowest BCUT2D eigenvalue weighted by Crippen LogP contribution is -2.40. The Kier molecular flexibility index (Phi) is 5.21. The summed E-state index contributed by atoms with van der Waals surface area (Å²) in [5.41, 5.74) is 0.481. The number of rotatable bonds is 5. The van der Waals surface area contributed by atoms with Crippen LogP contribution in [0.25, 0.3) is 0 Å². The third-order valence-electron chi connectivity index (χ3n) is 2.27. The van der Waals surface area contributed by atoms with Gasteiger partial charge in [0.05, 0.1) is 6.54 Å². The summed E-state index contributed by atoms with van der Waals surface area (Å²) < 4.78 is 0.817. The highest BCUT2D eigenvalue weighted by atomic mass is 79.9. The summed E-state index contributed by atoms with van der Waals surface area (Å²) >= 11 is 3.27. The van der Waals surface area contributed by atoms with Crippen LogP contribution in [0.5, 0.6) is 0 Å². The van der Waals surface area contributed by atoms with Crippen LogP contribution in [-0.2, 0) is 4.79 Å². The number of H-pyrrole nitrogens is 1. The Morgan fingerprint density at radius 1 is 1.53 bits per heavy atom. The summed E-state index contributed by atoms with van der Waals surface area (Å²) in [7, 11) is 1.56. The molecule has 1 rings (SSSR count). The normalized spacial score (nSPS) is 10.1. The highest BCUT2D eigenvalue weighted by molar-refractivity contribution is 9.10. The van der Waals surface area contributed by atoms with Gasteiger partial charge in [-0.05, 0) is 28.4 Å². The molecule has 2 amide bonds. The maximum atomic E-state index is 12.1. The number of halogens is 1. The van der Waals surface area contributed by atoms with Gasteiger partial charge < -0.3 is 15.2 Å². The van der Waals surface area contributed by atoms with Crippen molar-refractivity contribution in [2.75, 3.05) is 20.1 Å². The summed E-state index contributed by atoms with van der Waals surface area (Å²) in [6.45, 7) is 2.61. The maximum Gasteiger partial charge on any atom is 0.270 e. The summed E-state index contributed by atoms with van der Waals surface area (Å²) in [6.07, 6.45) is 2.50. The zero-order valence-electron chi connectivity index (χ0n) is 9.92. The fourth-order valence-corrected chi connectivity index (χ4v) is 1.78. The maximum absolute atomic E-state index is 12.1. The van der Waals surface area contributed by atoms with Crippen molar-refractivity contribution in [2.24, 2.45) is 0 Å². The molecule has 94 valence electrons. The van der Waals surface area contributed by atoms with Crippen molar-refractivity contribution in [3.63, 3.8) is 0 Å². The number of amides is 2. The SMILES string of the molecule is CCCN(CC(=O)NC)C(=O)c1cc(Br)c[nH]1. The van der Waals surface area contributed by atoms with Gasteiger partial charge in [0.1, 0.15) is 5.69 Å². The van der Waals surface area contributed by atoms with Crippen LogP contribution in [0.1, 0.15) is 23.8 Å². The van der Waals surface area contributed by atoms with Crippen LogP contribution >= 0.6 is 15.9 Å². The average Bonchev–Trinajstić information content (AvgIpc) is 2.74. The molecule has 0 saturated heterocycles. The van der Waals surface area contributed by atoms with Crippen molar-refractivity contribution in [3.8, 4) is 0 Å². The van der Waals surface area contributed by atoms with Gasteiger partial charge in [-0.3, -0.25) is 9.59 Å². The number of carbonyl (C=O) groups excluding carboxylic acids is 2. The first kappa shape index (κ1) is 13.8. The zero-order valence-corrected chi connectivity index (χ0v) is 11.5. The molecule has 1 heterocycles. The van der Waals surface area contributed by atoms with E-state index < -0.39 is 0 Å². The largest absolute Gasteiger partial charge is 0.358 e. The Labute approximate surface area is 109 Å². The molecular weight excluding hydrogens is 286 g/mol. The first-order chi connectivity index (χ1) is 8.08. The molecule has 0 unspecified atom stereocenters. The minimum Gasteiger partial charge on any atom is -0.358 e. The second-order valence-corrected chi connectivity index (χ2v) is 4.55. The van der Waals surface area contributed by atoms with Gasteiger partial charge in [-0.15, -0.1) is 0 Å². The second-order valence-electron chi connectivity index (χ2n) is 3.63. The first-order valence-electron chi connectivity index (χ1n) is 5.42. The molecule has 0 bridgehead atoms. The Balaban J connectivity index is 2.76. The molecule has 0 radical (unpaired) electrons. The van der Waals surface area contributed by atoms with Gasteiger partial charge in [-0.1, -0.05) is 6.92 Å². The number of likely N-dealkylation sites (N-methyl/N-ethyl adjacent to an activating group) is 1. The van der Waals surface area contributed by atoms with Crippen molar-refractivity contribution in [1.82, 2.24) is 15.2 Å². The molecule has 0 aliphatic heterocycles. The number of hydrogen-bond donors (Lipinski definition) is 2. The van der Waals surface area contributed by atoms with E-state index in [1.165, 1.54) is 4.90 Å². The molecule has 6 heteroatoms. The first-order valence-corrected chi connectivity index (χ1v) is 6.21. The van der Waals surface area contributed by atoms with E-state index in [9.17, 15) is 9.59 Å². The van der Waals surface area contributed by atoms with Gasteiger partial charge in [0.25, 0.3) is 5.91 Å². The molecule has 0 aliphatic rings. The van der Waals surface area contributed by atoms with E-state index in [2.05, 4.69) is 26.2 Å². The standard InChI is InChI=1S/C11H16BrN3O2/c1-3-4-15(7-10(16)13-2)11(17)9-5-8(12)6-14-9/h5-6,14H,3-4,7H2,1-2H3,(H,13,16). The fraction of sp³-hybridized carbons (Fsp3) is 0.455. The van der Waals surface area contributed by atoms with E-state index in [1.807, 2.05) is 6.92 Å². The number of aromatic amines is 1. The topological polar surface area (TPSA) is 65.2 Å². The Bertz CT molecular complexity index is 403. The lowest BCUT2D eigenvalue weighted by atomic mass is 10.3. The molecule has 0 spiro atoms. The van der Waals surface area contributed by atoms with Crippen LogP contribution in [0.4, 0.5) is 0 Å². The molecule has 0 aliphatic carbocycles. The van der Waals surface area contributed by atoms with Crippen LogP contribution in [0.15, 0.2) is 16.7 Å². The number of nitrogens with one attached hydrogen (secondary N) is 2. The van der Waals surface area contributed by atoms with E-state index in [0.717, 1.165) is 10.9 Å². The van der Waals surface area contributed by atoms with Crippen molar-refractivity contribution in [3.05, 3.63) is 22.4 Å². The molecule has 17 heavy (non-hydrogen) atoms. The van der Waals surface area contributed by atoms with Crippen LogP contribution in [-0.4, -0.2) is 41.8 Å².